The van der Waals surface area contributed by atoms with E-state index in [-0.39, 0.29) is 13.0 Å². The maximum Gasteiger partial charge on any atom is 0.197 e. The van der Waals surface area contributed by atoms with Crippen LogP contribution in [0.3, 0.4) is 0 Å². The second-order valence-corrected chi connectivity index (χ2v) is 7.84. The summed E-state index contributed by atoms with van der Waals surface area (Å²) in [4.78, 5) is 0. The van der Waals surface area contributed by atoms with E-state index in [1.807, 2.05) is 50.2 Å². The van der Waals surface area contributed by atoms with Gasteiger partial charge in [-0.15, -0.1) is 0 Å². The minimum absolute atomic E-state index is 0.181. The summed E-state index contributed by atoms with van der Waals surface area (Å²) in [6.45, 7) is 4.91. The molecule has 0 amide bonds. The van der Waals surface area contributed by atoms with Crippen molar-refractivity contribution in [3.8, 4) is 11.5 Å². The van der Waals surface area contributed by atoms with Crippen molar-refractivity contribution in [1.82, 2.24) is 0 Å². The molecule has 0 aromatic heterocycles. The number of hydrogen-bond donors (Lipinski definition) is 2. The third-order valence-electron chi connectivity index (χ3n) is 5.42. The van der Waals surface area contributed by atoms with Crippen molar-refractivity contribution < 1.29 is 29.2 Å². The van der Waals surface area contributed by atoms with Gasteiger partial charge in [0.15, 0.2) is 17.3 Å². The number of halogens is 1. The molecule has 6 nitrogen and oxygen atoms in total. The molecule has 0 bridgehead atoms. The summed E-state index contributed by atoms with van der Waals surface area (Å²) in [5, 5.41) is 20.5. The van der Waals surface area contributed by atoms with Gasteiger partial charge in [-0.3, -0.25) is 0 Å². The lowest BCUT2D eigenvalue weighted by Gasteiger charge is -2.42. The first-order chi connectivity index (χ1) is 15.0. The number of benzene rings is 2. The Hall–Kier alpha value is -1.83. The number of hydrogen-bond acceptors (Lipinski definition) is 6. The topological polar surface area (TPSA) is 77.4 Å². The summed E-state index contributed by atoms with van der Waals surface area (Å²) < 4.78 is 23.0. The number of ether oxygens (including phenoxy) is 4. The van der Waals surface area contributed by atoms with E-state index in [0.717, 1.165) is 28.2 Å². The molecule has 4 rings (SSSR count). The Kier molecular flexibility index (Phi) is 8.19. The van der Waals surface area contributed by atoms with Crippen molar-refractivity contribution in [3.05, 3.63) is 58.1 Å². The summed E-state index contributed by atoms with van der Waals surface area (Å²) in [5.41, 5.74) is 2.70. The van der Waals surface area contributed by atoms with Crippen LogP contribution < -0.4 is 9.47 Å². The molecule has 0 radical (unpaired) electrons. The minimum Gasteiger partial charge on any atom is -0.486 e. The number of rotatable bonds is 5. The maximum atomic E-state index is 10.3. The Bertz CT molecular complexity index is 873. The smallest absolute Gasteiger partial charge is 0.197 e. The van der Waals surface area contributed by atoms with Gasteiger partial charge in [-0.25, -0.2) is 0 Å². The molecule has 1 saturated heterocycles. The van der Waals surface area contributed by atoms with Gasteiger partial charge in [0, 0.05) is 30.5 Å². The highest BCUT2D eigenvalue weighted by atomic mass is 35.5. The maximum absolute atomic E-state index is 10.3. The highest BCUT2D eigenvalue weighted by molar-refractivity contribution is 6.31. The lowest BCUT2D eigenvalue weighted by atomic mass is 9.91. The van der Waals surface area contributed by atoms with Crippen LogP contribution >= 0.6 is 11.6 Å². The number of aliphatic hydroxyl groups excluding tert-OH is 2. The first-order valence-electron chi connectivity index (χ1n) is 10.7. The largest absolute Gasteiger partial charge is 0.486 e. The van der Waals surface area contributed by atoms with E-state index in [2.05, 4.69) is 0 Å². The Morgan fingerprint density at radius 3 is 2.55 bits per heavy atom. The lowest BCUT2D eigenvalue weighted by Crippen LogP contribution is -2.46. The molecular formula is C24H31ClO6. The van der Waals surface area contributed by atoms with Crippen molar-refractivity contribution in [1.29, 1.82) is 0 Å². The molecule has 2 N–H and O–H groups in total. The quantitative estimate of drug-likeness (QED) is 0.715. The third kappa shape index (κ3) is 5.33. The SMILES string of the molecule is CC.COC1(c2ccc(Cl)c(Cc3ccc4c(c3)OCCO4)c2)CC(O)CC(CO)O1. The third-order valence-corrected chi connectivity index (χ3v) is 5.79. The van der Waals surface area contributed by atoms with Gasteiger partial charge in [0.1, 0.15) is 13.2 Å². The molecule has 3 atom stereocenters. The minimum atomic E-state index is -1.13. The van der Waals surface area contributed by atoms with Gasteiger partial charge in [-0.05, 0) is 41.8 Å². The molecule has 3 unspecified atom stereocenters. The van der Waals surface area contributed by atoms with Gasteiger partial charge < -0.3 is 29.2 Å². The Labute approximate surface area is 188 Å². The first-order valence-corrected chi connectivity index (χ1v) is 11.1. The normalized spacial score (nSPS) is 24.8. The summed E-state index contributed by atoms with van der Waals surface area (Å²) in [6, 6.07) is 11.5. The highest BCUT2D eigenvalue weighted by Crippen LogP contribution is 2.40. The van der Waals surface area contributed by atoms with Gasteiger partial charge in [0.25, 0.3) is 0 Å². The van der Waals surface area contributed by atoms with Crippen molar-refractivity contribution in [2.75, 3.05) is 26.9 Å². The van der Waals surface area contributed by atoms with Crippen LogP contribution in [0.25, 0.3) is 0 Å². The zero-order valence-corrected chi connectivity index (χ0v) is 19.0. The summed E-state index contributed by atoms with van der Waals surface area (Å²) in [5.74, 6) is 0.355. The molecule has 2 heterocycles. The molecule has 1 fully saturated rings. The van der Waals surface area contributed by atoms with Crippen LogP contribution in [0.2, 0.25) is 5.02 Å². The standard InChI is InChI=1S/C22H25ClO6.C2H6/c1-26-22(12-17(25)11-18(13-24)29-22)16-3-4-19(23)15(10-16)8-14-2-5-20-21(9-14)28-7-6-27-20;1-2/h2-5,9-10,17-18,24-25H,6-8,11-13H2,1H3;1-2H3. The van der Waals surface area contributed by atoms with Crippen molar-refractivity contribution >= 4 is 11.6 Å². The van der Waals surface area contributed by atoms with E-state index >= 15 is 0 Å². The Morgan fingerprint density at radius 1 is 1.10 bits per heavy atom. The molecule has 2 aliphatic heterocycles. The summed E-state index contributed by atoms with van der Waals surface area (Å²) in [7, 11) is 1.54. The monoisotopic (exact) mass is 450 g/mol. The first kappa shape index (κ1) is 23.8. The predicted octanol–water partition coefficient (Wildman–Crippen LogP) is 4.06. The van der Waals surface area contributed by atoms with Crippen molar-refractivity contribution in [2.24, 2.45) is 0 Å². The summed E-state index contributed by atoms with van der Waals surface area (Å²) in [6.07, 6.45) is 0.132. The van der Waals surface area contributed by atoms with Crippen LogP contribution in [0.1, 0.15) is 43.4 Å². The molecule has 2 aliphatic rings. The molecule has 7 heteroatoms. The van der Waals surface area contributed by atoms with Gasteiger partial charge in [0.05, 0.1) is 18.8 Å². The van der Waals surface area contributed by atoms with E-state index < -0.39 is 18.0 Å². The number of fused-ring (bicyclic) bond motifs is 1. The predicted molar refractivity (Wildman–Crippen MR) is 119 cm³/mol. The molecular weight excluding hydrogens is 420 g/mol. The number of aliphatic hydroxyl groups is 2. The zero-order chi connectivity index (χ0) is 22.4. The molecule has 2 aromatic carbocycles. The van der Waals surface area contributed by atoms with E-state index in [4.69, 9.17) is 30.5 Å². The molecule has 0 aliphatic carbocycles. The Balaban J connectivity index is 0.00000132. The van der Waals surface area contributed by atoms with E-state index in [9.17, 15) is 10.2 Å². The summed E-state index contributed by atoms with van der Waals surface area (Å²) >= 11 is 6.47. The van der Waals surface area contributed by atoms with E-state index in [1.165, 1.54) is 0 Å². The zero-order valence-electron chi connectivity index (χ0n) is 18.3. The van der Waals surface area contributed by atoms with Crippen LogP contribution in [0, 0.1) is 0 Å². The molecule has 31 heavy (non-hydrogen) atoms. The van der Waals surface area contributed by atoms with E-state index in [1.54, 1.807) is 7.11 Å². The van der Waals surface area contributed by atoms with Gasteiger partial charge in [-0.1, -0.05) is 37.6 Å². The van der Waals surface area contributed by atoms with Crippen LogP contribution in [-0.2, 0) is 21.7 Å². The van der Waals surface area contributed by atoms with Crippen LogP contribution in [0.4, 0.5) is 0 Å². The second-order valence-electron chi connectivity index (χ2n) is 7.43. The average Bonchev–Trinajstić information content (AvgIpc) is 2.81. The average molecular weight is 451 g/mol. The molecule has 0 spiro atoms. The second kappa shape index (κ2) is 10.7. The van der Waals surface area contributed by atoms with Gasteiger partial charge in [-0.2, -0.15) is 0 Å². The molecule has 170 valence electrons. The molecule has 2 aromatic rings. The fraction of sp³-hybridized carbons (Fsp3) is 0.500. The van der Waals surface area contributed by atoms with Crippen LogP contribution in [-0.4, -0.2) is 49.4 Å². The van der Waals surface area contributed by atoms with E-state index in [0.29, 0.717) is 31.1 Å². The van der Waals surface area contributed by atoms with Crippen molar-refractivity contribution in [2.45, 2.75) is 51.1 Å². The molecule has 0 saturated carbocycles. The fourth-order valence-electron chi connectivity index (χ4n) is 3.97. The van der Waals surface area contributed by atoms with Crippen LogP contribution in [0.15, 0.2) is 36.4 Å². The lowest BCUT2D eigenvalue weighted by molar-refractivity contribution is -0.298. The number of methoxy groups -OCH3 is 1. The van der Waals surface area contributed by atoms with Crippen molar-refractivity contribution in [3.63, 3.8) is 0 Å². The van der Waals surface area contributed by atoms with Gasteiger partial charge >= 0.3 is 0 Å². The Morgan fingerprint density at radius 2 is 1.84 bits per heavy atom. The highest BCUT2D eigenvalue weighted by Gasteiger charge is 2.43. The fourth-order valence-corrected chi connectivity index (χ4v) is 4.16. The van der Waals surface area contributed by atoms with Crippen LogP contribution in [0.5, 0.6) is 11.5 Å². The van der Waals surface area contributed by atoms with Gasteiger partial charge in [0.2, 0.25) is 0 Å².